The lowest BCUT2D eigenvalue weighted by atomic mass is 10.0. The van der Waals surface area contributed by atoms with Crippen LogP contribution in [-0.4, -0.2) is 15.8 Å². The average molecular weight is 272 g/mol. The molecule has 0 saturated carbocycles. The second-order valence-electron chi connectivity index (χ2n) is 5.66. The van der Waals surface area contributed by atoms with Gasteiger partial charge in [0, 0.05) is 17.1 Å². The van der Waals surface area contributed by atoms with Crippen LogP contribution in [0.1, 0.15) is 56.7 Å². The Balaban J connectivity index is 2.30. The lowest BCUT2D eigenvalue weighted by Crippen LogP contribution is -2.07. The molecule has 2 aromatic rings. The van der Waals surface area contributed by atoms with E-state index in [1.165, 1.54) is 22.4 Å². The van der Waals surface area contributed by atoms with Gasteiger partial charge in [0.15, 0.2) is 5.78 Å². The lowest BCUT2D eigenvalue weighted by molar-refractivity contribution is 0.0987. The maximum Gasteiger partial charge on any atom is 0.185 e. The van der Waals surface area contributed by atoms with Crippen LogP contribution in [0, 0.1) is 34.6 Å². The van der Waals surface area contributed by atoms with Crippen LogP contribution in [-0.2, 0) is 12.8 Å². The molecule has 0 bridgehead atoms. The molecule has 0 fully saturated rings. The SMILES string of the molecule is CCc1c(C)[nH]c(CC(=O)c2[nH]c(C)c(C)c2C)c1C. The Morgan fingerprint density at radius 3 is 2.00 bits per heavy atom. The van der Waals surface area contributed by atoms with Crippen molar-refractivity contribution in [2.24, 2.45) is 0 Å². The summed E-state index contributed by atoms with van der Waals surface area (Å²) in [5.74, 6) is 0.158. The maximum absolute atomic E-state index is 12.5. The molecule has 0 radical (unpaired) electrons. The molecule has 0 aromatic carbocycles. The third-order valence-electron chi connectivity index (χ3n) is 4.48. The first-order valence-corrected chi connectivity index (χ1v) is 7.22. The molecule has 3 nitrogen and oxygen atoms in total. The number of aromatic nitrogens is 2. The number of hydrogen-bond acceptors (Lipinski definition) is 1. The molecule has 108 valence electrons. The van der Waals surface area contributed by atoms with Gasteiger partial charge in [-0.25, -0.2) is 0 Å². The summed E-state index contributed by atoms with van der Waals surface area (Å²) >= 11 is 0. The standard InChI is InChI=1S/C17H24N2O/c1-7-14-11(4)15(18-13(14)6)8-16(20)17-10(3)9(2)12(5)19-17/h18-19H,7-8H2,1-6H3. The fraction of sp³-hybridized carbons (Fsp3) is 0.471. The fourth-order valence-electron chi connectivity index (χ4n) is 2.94. The lowest BCUT2D eigenvalue weighted by Gasteiger charge is -2.02. The Morgan fingerprint density at radius 2 is 1.55 bits per heavy atom. The van der Waals surface area contributed by atoms with Crippen LogP contribution in [0.4, 0.5) is 0 Å². The topological polar surface area (TPSA) is 48.6 Å². The number of aryl methyl sites for hydroxylation is 2. The van der Waals surface area contributed by atoms with Crippen LogP contribution >= 0.6 is 0 Å². The molecule has 2 rings (SSSR count). The zero-order chi connectivity index (χ0) is 15.0. The molecule has 0 saturated heterocycles. The number of carbonyl (C=O) groups excluding carboxylic acids is 1. The van der Waals surface area contributed by atoms with Gasteiger partial charge in [-0.15, -0.1) is 0 Å². The molecule has 0 spiro atoms. The van der Waals surface area contributed by atoms with E-state index in [1.54, 1.807) is 0 Å². The van der Waals surface area contributed by atoms with E-state index in [4.69, 9.17) is 0 Å². The smallest absolute Gasteiger partial charge is 0.185 e. The summed E-state index contributed by atoms with van der Waals surface area (Å²) in [6, 6.07) is 0. The molecule has 3 heteroatoms. The molecule has 0 aliphatic carbocycles. The highest BCUT2D eigenvalue weighted by atomic mass is 16.1. The van der Waals surface area contributed by atoms with E-state index in [9.17, 15) is 4.79 Å². The predicted octanol–water partition coefficient (Wildman–Crippen LogP) is 3.87. The van der Waals surface area contributed by atoms with Gasteiger partial charge in [-0.1, -0.05) is 6.92 Å². The largest absolute Gasteiger partial charge is 0.362 e. The first-order valence-electron chi connectivity index (χ1n) is 7.22. The molecule has 0 atom stereocenters. The molecule has 2 aromatic heterocycles. The van der Waals surface area contributed by atoms with Crippen molar-refractivity contribution in [3.63, 3.8) is 0 Å². The van der Waals surface area contributed by atoms with Crippen molar-refractivity contribution in [3.8, 4) is 0 Å². The summed E-state index contributed by atoms with van der Waals surface area (Å²) in [6.45, 7) is 12.4. The van der Waals surface area contributed by atoms with Crippen LogP contribution in [0.2, 0.25) is 0 Å². The first kappa shape index (κ1) is 14.6. The summed E-state index contributed by atoms with van der Waals surface area (Å²) < 4.78 is 0. The van der Waals surface area contributed by atoms with E-state index >= 15 is 0 Å². The van der Waals surface area contributed by atoms with Crippen LogP contribution in [0.5, 0.6) is 0 Å². The van der Waals surface area contributed by atoms with E-state index in [0.29, 0.717) is 6.42 Å². The number of ketones is 1. The average Bonchev–Trinajstić information content (AvgIpc) is 2.81. The van der Waals surface area contributed by atoms with Crippen LogP contribution in [0.15, 0.2) is 0 Å². The van der Waals surface area contributed by atoms with Gasteiger partial charge in [0.2, 0.25) is 0 Å². The van der Waals surface area contributed by atoms with Crippen molar-refractivity contribution in [1.82, 2.24) is 9.97 Å². The van der Waals surface area contributed by atoms with Crippen molar-refractivity contribution < 1.29 is 4.79 Å². The van der Waals surface area contributed by atoms with E-state index in [2.05, 4.69) is 37.7 Å². The van der Waals surface area contributed by atoms with Gasteiger partial charge in [-0.05, 0) is 63.3 Å². The molecular formula is C17H24N2O. The quantitative estimate of drug-likeness (QED) is 0.815. The van der Waals surface area contributed by atoms with E-state index in [1.807, 2.05) is 13.8 Å². The Labute approximate surface area is 120 Å². The van der Waals surface area contributed by atoms with Gasteiger partial charge in [-0.2, -0.15) is 0 Å². The molecular weight excluding hydrogens is 248 g/mol. The van der Waals surface area contributed by atoms with Crippen LogP contribution in [0.3, 0.4) is 0 Å². The highest BCUT2D eigenvalue weighted by Gasteiger charge is 2.18. The maximum atomic E-state index is 12.5. The number of Topliss-reactive ketones (excluding diaryl/α,β-unsaturated/α-hetero) is 1. The minimum atomic E-state index is 0.158. The molecule has 0 amide bonds. The summed E-state index contributed by atoms with van der Waals surface area (Å²) in [7, 11) is 0. The molecule has 0 aliphatic rings. The number of nitrogens with one attached hydrogen (secondary N) is 2. The number of carbonyl (C=O) groups is 1. The van der Waals surface area contributed by atoms with Gasteiger partial charge in [0.25, 0.3) is 0 Å². The zero-order valence-corrected chi connectivity index (χ0v) is 13.3. The summed E-state index contributed by atoms with van der Waals surface area (Å²) in [5, 5.41) is 0. The highest BCUT2D eigenvalue weighted by molar-refractivity contribution is 5.97. The Hall–Kier alpha value is -1.77. The number of aromatic amines is 2. The second kappa shape index (κ2) is 5.31. The molecule has 2 heterocycles. The number of H-pyrrole nitrogens is 2. The van der Waals surface area contributed by atoms with Crippen molar-refractivity contribution >= 4 is 5.78 Å². The monoisotopic (exact) mass is 272 g/mol. The molecule has 20 heavy (non-hydrogen) atoms. The third-order valence-corrected chi connectivity index (χ3v) is 4.48. The van der Waals surface area contributed by atoms with E-state index < -0.39 is 0 Å². The Morgan fingerprint density at radius 1 is 0.900 bits per heavy atom. The van der Waals surface area contributed by atoms with Crippen LogP contribution in [0.25, 0.3) is 0 Å². The zero-order valence-electron chi connectivity index (χ0n) is 13.3. The van der Waals surface area contributed by atoms with Gasteiger partial charge < -0.3 is 9.97 Å². The van der Waals surface area contributed by atoms with Crippen molar-refractivity contribution in [1.29, 1.82) is 0 Å². The minimum absolute atomic E-state index is 0.158. The van der Waals surface area contributed by atoms with Crippen molar-refractivity contribution in [3.05, 3.63) is 45.0 Å². The normalized spacial score (nSPS) is 11.1. The van der Waals surface area contributed by atoms with Gasteiger partial charge in [-0.3, -0.25) is 4.79 Å². The Bertz CT molecular complexity index is 659. The number of rotatable bonds is 4. The summed E-state index contributed by atoms with van der Waals surface area (Å²) in [4.78, 5) is 19.1. The Kier molecular flexibility index (Phi) is 3.89. The second-order valence-corrected chi connectivity index (χ2v) is 5.66. The fourth-order valence-corrected chi connectivity index (χ4v) is 2.94. The van der Waals surface area contributed by atoms with E-state index in [-0.39, 0.29) is 5.78 Å². The van der Waals surface area contributed by atoms with Crippen molar-refractivity contribution in [2.75, 3.05) is 0 Å². The molecule has 0 unspecified atom stereocenters. The summed E-state index contributed by atoms with van der Waals surface area (Å²) in [6.07, 6.45) is 1.44. The minimum Gasteiger partial charge on any atom is -0.362 e. The first-order chi connectivity index (χ1) is 9.36. The van der Waals surface area contributed by atoms with Gasteiger partial charge >= 0.3 is 0 Å². The van der Waals surface area contributed by atoms with Gasteiger partial charge in [0.05, 0.1) is 12.1 Å². The summed E-state index contributed by atoms with van der Waals surface area (Å²) in [5.41, 5.74) is 8.90. The molecule has 0 aliphatic heterocycles. The van der Waals surface area contributed by atoms with Crippen LogP contribution < -0.4 is 0 Å². The highest BCUT2D eigenvalue weighted by Crippen LogP contribution is 2.22. The predicted molar refractivity (Wildman–Crippen MR) is 82.7 cm³/mol. The van der Waals surface area contributed by atoms with Crippen molar-refractivity contribution in [2.45, 2.75) is 54.4 Å². The number of hydrogen-bond donors (Lipinski definition) is 2. The molecule has 2 N–H and O–H groups in total. The van der Waals surface area contributed by atoms with Gasteiger partial charge in [0.1, 0.15) is 0 Å². The third kappa shape index (κ3) is 2.33. The van der Waals surface area contributed by atoms with E-state index in [0.717, 1.165) is 29.1 Å².